The number of fused-ring (bicyclic) bond motifs is 1. The monoisotopic (exact) mass is 499 g/mol. The highest BCUT2D eigenvalue weighted by molar-refractivity contribution is 7.89. The van der Waals surface area contributed by atoms with Gasteiger partial charge in [-0.2, -0.15) is 9.40 Å². The van der Waals surface area contributed by atoms with Crippen LogP contribution in [0.5, 0.6) is 5.75 Å². The summed E-state index contributed by atoms with van der Waals surface area (Å²) in [5.74, 6) is 0.0427. The van der Waals surface area contributed by atoms with Crippen molar-refractivity contribution in [2.24, 2.45) is 0 Å². The van der Waals surface area contributed by atoms with Gasteiger partial charge in [0.15, 0.2) is 11.3 Å². The molecule has 35 heavy (non-hydrogen) atoms. The van der Waals surface area contributed by atoms with Crippen molar-refractivity contribution in [2.45, 2.75) is 51.3 Å². The van der Waals surface area contributed by atoms with Gasteiger partial charge in [-0.1, -0.05) is 19.4 Å². The summed E-state index contributed by atoms with van der Waals surface area (Å²) in [5.41, 5.74) is 3.47. The Kier molecular flexibility index (Phi) is 7.14. The molecule has 10 heteroatoms. The smallest absolute Gasteiger partial charge is 0.274 e. The minimum Gasteiger partial charge on any atom is -0.495 e. The van der Waals surface area contributed by atoms with Gasteiger partial charge in [0, 0.05) is 38.1 Å². The molecule has 0 N–H and O–H groups in total. The van der Waals surface area contributed by atoms with Crippen molar-refractivity contribution in [3.8, 4) is 16.9 Å². The van der Waals surface area contributed by atoms with Gasteiger partial charge >= 0.3 is 0 Å². The van der Waals surface area contributed by atoms with E-state index in [2.05, 4.69) is 17.0 Å². The fraction of sp³-hybridized carbons (Fsp3) is 0.480. The average Bonchev–Trinajstić information content (AvgIpc) is 3.51. The van der Waals surface area contributed by atoms with E-state index in [1.165, 1.54) is 11.4 Å². The van der Waals surface area contributed by atoms with Crippen LogP contribution in [0.1, 0.15) is 54.5 Å². The molecule has 4 rings (SSSR count). The molecule has 1 aromatic carbocycles. The number of ether oxygens (including phenoxy) is 1. The first-order chi connectivity index (χ1) is 16.7. The lowest BCUT2D eigenvalue weighted by molar-refractivity contribution is 0.0788. The number of aromatic nitrogens is 3. The zero-order valence-electron chi connectivity index (χ0n) is 21.0. The van der Waals surface area contributed by atoms with E-state index in [-0.39, 0.29) is 22.2 Å². The van der Waals surface area contributed by atoms with Gasteiger partial charge in [-0.3, -0.25) is 4.79 Å². The Morgan fingerprint density at radius 1 is 1.17 bits per heavy atom. The van der Waals surface area contributed by atoms with Crippen molar-refractivity contribution in [1.29, 1.82) is 0 Å². The molecule has 2 aromatic heterocycles. The molecule has 3 heterocycles. The summed E-state index contributed by atoms with van der Waals surface area (Å²) in [4.78, 5) is 19.9. The summed E-state index contributed by atoms with van der Waals surface area (Å²) in [6, 6.07) is 6.89. The van der Waals surface area contributed by atoms with Crippen LogP contribution in [0, 0.1) is 13.8 Å². The van der Waals surface area contributed by atoms with Gasteiger partial charge in [0.25, 0.3) is 5.91 Å². The first-order valence-electron chi connectivity index (χ1n) is 12.0. The number of unbranched alkanes of at least 4 members (excludes halogenated alkanes) is 1. The number of nitrogens with zero attached hydrogens (tertiary/aromatic N) is 5. The topological polar surface area (TPSA) is 97.1 Å². The van der Waals surface area contributed by atoms with Crippen molar-refractivity contribution >= 4 is 21.6 Å². The van der Waals surface area contributed by atoms with Crippen LogP contribution in [0.4, 0.5) is 0 Å². The lowest BCUT2D eigenvalue weighted by atomic mass is 10.0. The van der Waals surface area contributed by atoms with Crippen molar-refractivity contribution in [3.05, 3.63) is 41.3 Å². The summed E-state index contributed by atoms with van der Waals surface area (Å²) in [5, 5.41) is 4.64. The van der Waals surface area contributed by atoms with Gasteiger partial charge in [0.1, 0.15) is 10.6 Å². The summed E-state index contributed by atoms with van der Waals surface area (Å²) < 4.78 is 35.5. The summed E-state index contributed by atoms with van der Waals surface area (Å²) in [6.45, 7) is 7.44. The van der Waals surface area contributed by atoms with Crippen LogP contribution in [-0.2, 0) is 10.0 Å². The number of amides is 1. The Morgan fingerprint density at radius 3 is 2.54 bits per heavy atom. The van der Waals surface area contributed by atoms with E-state index in [0.29, 0.717) is 36.4 Å². The first kappa shape index (κ1) is 25.1. The number of benzene rings is 1. The molecular weight excluding hydrogens is 466 g/mol. The molecule has 3 aromatic rings. The normalized spacial score (nSPS) is 14.5. The molecule has 1 aliphatic heterocycles. The van der Waals surface area contributed by atoms with Gasteiger partial charge in [-0.05, 0) is 56.9 Å². The highest BCUT2D eigenvalue weighted by Crippen LogP contribution is 2.36. The second-order valence-electron chi connectivity index (χ2n) is 9.06. The number of hydrogen-bond acceptors (Lipinski definition) is 6. The summed E-state index contributed by atoms with van der Waals surface area (Å²) in [7, 11) is -0.545. The summed E-state index contributed by atoms with van der Waals surface area (Å²) in [6.07, 6.45) is 3.51. The maximum absolute atomic E-state index is 13.5. The standard InChI is InChI=1S/C25H33N5O4S/c1-6-7-12-28(4)25(31)23-22(24-26-17(2)15-18(3)30(24)27-23)19-10-11-20(34-5)21(16-19)35(32,33)29-13-8-9-14-29/h10-11,15-16H,6-9,12-14H2,1-5H3. The number of carbonyl (C=O) groups is 1. The van der Waals surface area contributed by atoms with E-state index in [0.717, 1.165) is 37.1 Å². The zero-order chi connectivity index (χ0) is 25.3. The van der Waals surface area contributed by atoms with Gasteiger partial charge in [0.05, 0.1) is 12.7 Å². The molecular formula is C25H33N5O4S. The molecule has 0 aliphatic carbocycles. The lowest BCUT2D eigenvalue weighted by Crippen LogP contribution is -2.29. The Bertz CT molecular complexity index is 1360. The van der Waals surface area contributed by atoms with Crippen molar-refractivity contribution in [1.82, 2.24) is 23.8 Å². The fourth-order valence-electron chi connectivity index (χ4n) is 4.52. The number of rotatable bonds is 8. The van der Waals surface area contributed by atoms with E-state index >= 15 is 0 Å². The molecule has 1 fully saturated rings. The number of sulfonamides is 1. The van der Waals surface area contributed by atoms with E-state index in [1.54, 1.807) is 34.7 Å². The molecule has 0 radical (unpaired) electrons. The van der Waals surface area contributed by atoms with Crippen LogP contribution in [-0.4, -0.2) is 71.9 Å². The van der Waals surface area contributed by atoms with E-state index < -0.39 is 10.0 Å². The van der Waals surface area contributed by atoms with Gasteiger partial charge in [-0.25, -0.2) is 17.9 Å². The third kappa shape index (κ3) is 4.64. The Hall–Kier alpha value is -2.98. The number of hydrogen-bond donors (Lipinski definition) is 0. The molecule has 0 saturated carbocycles. The van der Waals surface area contributed by atoms with Crippen LogP contribution >= 0.6 is 0 Å². The van der Waals surface area contributed by atoms with Crippen LogP contribution in [0.3, 0.4) is 0 Å². The van der Waals surface area contributed by atoms with E-state index in [9.17, 15) is 13.2 Å². The second-order valence-corrected chi connectivity index (χ2v) is 11.0. The minimum atomic E-state index is -3.76. The number of aryl methyl sites for hydroxylation is 2. The average molecular weight is 500 g/mol. The third-order valence-electron chi connectivity index (χ3n) is 6.43. The molecule has 9 nitrogen and oxygen atoms in total. The largest absolute Gasteiger partial charge is 0.495 e. The van der Waals surface area contributed by atoms with E-state index in [4.69, 9.17) is 4.74 Å². The van der Waals surface area contributed by atoms with Crippen molar-refractivity contribution < 1.29 is 17.9 Å². The second kappa shape index (κ2) is 9.94. The zero-order valence-corrected chi connectivity index (χ0v) is 21.9. The molecule has 0 unspecified atom stereocenters. The van der Waals surface area contributed by atoms with Gasteiger partial charge < -0.3 is 9.64 Å². The number of carbonyl (C=O) groups excluding carboxylic acids is 1. The van der Waals surface area contributed by atoms with E-state index in [1.807, 2.05) is 19.9 Å². The SMILES string of the molecule is CCCCN(C)C(=O)c1nn2c(C)cc(C)nc2c1-c1ccc(OC)c(S(=O)(=O)N2CCCC2)c1. The van der Waals surface area contributed by atoms with Gasteiger partial charge in [0.2, 0.25) is 10.0 Å². The van der Waals surface area contributed by atoms with Gasteiger partial charge in [-0.15, -0.1) is 0 Å². The van der Waals surface area contributed by atoms with Crippen LogP contribution in [0.15, 0.2) is 29.2 Å². The maximum Gasteiger partial charge on any atom is 0.274 e. The molecule has 0 bridgehead atoms. The molecule has 1 aliphatic rings. The minimum absolute atomic E-state index is 0.0841. The number of methoxy groups -OCH3 is 1. The summed E-state index contributed by atoms with van der Waals surface area (Å²) >= 11 is 0. The Balaban J connectivity index is 1.94. The Morgan fingerprint density at radius 2 is 1.89 bits per heavy atom. The lowest BCUT2D eigenvalue weighted by Gasteiger charge is -2.19. The van der Waals surface area contributed by atoms with Crippen LogP contribution in [0.25, 0.3) is 16.8 Å². The maximum atomic E-state index is 13.5. The molecule has 0 spiro atoms. The first-order valence-corrected chi connectivity index (χ1v) is 13.4. The van der Waals surface area contributed by atoms with Crippen LogP contribution in [0.2, 0.25) is 0 Å². The molecule has 1 saturated heterocycles. The highest BCUT2D eigenvalue weighted by atomic mass is 32.2. The molecule has 1 amide bonds. The molecule has 188 valence electrons. The predicted molar refractivity (Wildman–Crippen MR) is 134 cm³/mol. The fourth-order valence-corrected chi connectivity index (χ4v) is 6.21. The third-order valence-corrected chi connectivity index (χ3v) is 8.35. The Labute approximate surface area is 206 Å². The predicted octanol–water partition coefficient (Wildman–Crippen LogP) is 3.68. The van der Waals surface area contributed by atoms with Crippen molar-refractivity contribution in [3.63, 3.8) is 0 Å². The van der Waals surface area contributed by atoms with Crippen LogP contribution < -0.4 is 4.74 Å². The molecule has 0 atom stereocenters. The highest BCUT2D eigenvalue weighted by Gasteiger charge is 2.32. The quantitative estimate of drug-likeness (QED) is 0.469. The van der Waals surface area contributed by atoms with Crippen molar-refractivity contribution in [2.75, 3.05) is 33.8 Å².